The summed E-state index contributed by atoms with van der Waals surface area (Å²) >= 11 is 0. The largest absolute Gasteiger partial charge is 0.460 e. The van der Waals surface area contributed by atoms with Gasteiger partial charge in [0.05, 0.1) is 6.10 Å². The van der Waals surface area contributed by atoms with Gasteiger partial charge in [0.1, 0.15) is 5.60 Å². The highest BCUT2D eigenvalue weighted by molar-refractivity contribution is 5.66. The summed E-state index contributed by atoms with van der Waals surface area (Å²) in [7, 11) is 0. The molecule has 0 fully saturated rings. The van der Waals surface area contributed by atoms with Gasteiger partial charge < -0.3 is 9.84 Å². The molecule has 0 amide bonds. The molecule has 3 nitrogen and oxygen atoms in total. The van der Waals surface area contributed by atoms with E-state index in [0.717, 1.165) is 12.8 Å². The molecular weight excluding hydrogens is 180 g/mol. The highest BCUT2D eigenvalue weighted by atomic mass is 16.6. The van der Waals surface area contributed by atoms with Gasteiger partial charge >= 0.3 is 5.97 Å². The van der Waals surface area contributed by atoms with Crippen LogP contribution in [0.15, 0.2) is 0 Å². The molecule has 0 unspecified atom stereocenters. The molecule has 0 heterocycles. The fourth-order valence-corrected chi connectivity index (χ4v) is 0.720. The van der Waals surface area contributed by atoms with Crippen molar-refractivity contribution in [2.24, 2.45) is 0 Å². The smallest absolute Gasteiger partial charge is 0.303 e. The number of ether oxygens (including phenoxy) is 1. The van der Waals surface area contributed by atoms with E-state index in [2.05, 4.69) is 0 Å². The fraction of sp³-hybridized carbons (Fsp3) is 0.909. The van der Waals surface area contributed by atoms with E-state index in [1.807, 2.05) is 34.6 Å². The number of esters is 1. The van der Waals surface area contributed by atoms with Crippen molar-refractivity contribution in [2.75, 3.05) is 0 Å². The van der Waals surface area contributed by atoms with Crippen LogP contribution in [-0.4, -0.2) is 22.8 Å². The first-order valence-electron chi connectivity index (χ1n) is 5.10. The lowest BCUT2D eigenvalue weighted by molar-refractivity contribution is -0.151. The number of hydrogen-bond acceptors (Lipinski definition) is 3. The Hall–Kier alpha value is -0.570. The lowest BCUT2D eigenvalue weighted by atomic mass is 10.2. The lowest BCUT2D eigenvalue weighted by Crippen LogP contribution is -2.21. The Morgan fingerprint density at radius 1 is 1.29 bits per heavy atom. The average Bonchev–Trinajstić information content (AvgIpc) is 1.99. The van der Waals surface area contributed by atoms with E-state index in [0.29, 0.717) is 0 Å². The molecule has 0 radical (unpaired) electrons. The summed E-state index contributed by atoms with van der Waals surface area (Å²) in [5.41, 5.74) is -0.328. The van der Waals surface area contributed by atoms with E-state index in [1.165, 1.54) is 6.92 Å². The average molecular weight is 204 g/mol. The summed E-state index contributed by atoms with van der Waals surface area (Å²) < 4.78 is 4.80. The second-order valence-electron chi connectivity index (χ2n) is 4.18. The number of carbonyl (C=O) groups is 1. The minimum Gasteiger partial charge on any atom is -0.460 e. The minimum absolute atomic E-state index is 0.0648. The van der Waals surface area contributed by atoms with Gasteiger partial charge in [-0.1, -0.05) is 13.8 Å². The third kappa shape index (κ3) is 17.5. The number of rotatable bonds is 2. The molecule has 0 bridgehead atoms. The van der Waals surface area contributed by atoms with Crippen LogP contribution in [0.4, 0.5) is 0 Å². The minimum atomic E-state index is -0.328. The first kappa shape index (κ1) is 15.9. The van der Waals surface area contributed by atoms with Crippen molar-refractivity contribution in [1.82, 2.24) is 0 Å². The molecule has 0 atom stereocenters. The van der Waals surface area contributed by atoms with Crippen molar-refractivity contribution in [1.29, 1.82) is 0 Å². The quantitative estimate of drug-likeness (QED) is 0.703. The molecule has 0 rings (SSSR count). The molecule has 14 heavy (non-hydrogen) atoms. The maximum absolute atomic E-state index is 10.2. The summed E-state index contributed by atoms with van der Waals surface area (Å²) in [6, 6.07) is 0. The van der Waals surface area contributed by atoms with Crippen molar-refractivity contribution in [2.45, 2.75) is 66.1 Å². The summed E-state index contributed by atoms with van der Waals surface area (Å²) in [4.78, 5) is 10.2. The summed E-state index contributed by atoms with van der Waals surface area (Å²) in [5, 5.41) is 8.67. The first-order valence-corrected chi connectivity index (χ1v) is 5.10. The van der Waals surface area contributed by atoms with Crippen molar-refractivity contribution >= 4 is 5.97 Å². The number of carbonyl (C=O) groups excluding carboxylic acids is 1. The van der Waals surface area contributed by atoms with E-state index < -0.39 is 0 Å². The molecule has 86 valence electrons. The van der Waals surface area contributed by atoms with Crippen molar-refractivity contribution in [3.63, 3.8) is 0 Å². The summed E-state index contributed by atoms with van der Waals surface area (Å²) in [5.74, 6) is -0.225. The lowest BCUT2D eigenvalue weighted by Gasteiger charge is -2.17. The van der Waals surface area contributed by atoms with Crippen LogP contribution in [0.1, 0.15) is 54.4 Å². The topological polar surface area (TPSA) is 46.5 Å². The van der Waals surface area contributed by atoms with Crippen LogP contribution >= 0.6 is 0 Å². The van der Waals surface area contributed by atoms with Crippen LogP contribution in [0.25, 0.3) is 0 Å². The Morgan fingerprint density at radius 3 is 1.64 bits per heavy atom. The highest BCUT2D eigenvalue weighted by Crippen LogP contribution is 2.05. The highest BCUT2D eigenvalue weighted by Gasteiger charge is 2.11. The molecule has 0 aliphatic carbocycles. The maximum atomic E-state index is 10.2. The predicted molar refractivity (Wildman–Crippen MR) is 58.1 cm³/mol. The Balaban J connectivity index is 0. The van der Waals surface area contributed by atoms with Crippen LogP contribution in [0.5, 0.6) is 0 Å². The zero-order chi connectivity index (χ0) is 11.8. The zero-order valence-electron chi connectivity index (χ0n) is 10.3. The molecule has 0 aliphatic rings. The summed E-state index contributed by atoms with van der Waals surface area (Å²) in [6.45, 7) is 10.9. The van der Waals surface area contributed by atoms with E-state index >= 15 is 0 Å². The zero-order valence-corrected chi connectivity index (χ0v) is 10.3. The third-order valence-electron chi connectivity index (χ3n) is 1.39. The maximum Gasteiger partial charge on any atom is 0.303 e. The second kappa shape index (κ2) is 7.80. The normalized spacial score (nSPS) is 10.6. The van der Waals surface area contributed by atoms with E-state index in [1.54, 1.807) is 0 Å². The van der Waals surface area contributed by atoms with Crippen molar-refractivity contribution < 1.29 is 14.6 Å². The van der Waals surface area contributed by atoms with Crippen molar-refractivity contribution in [3.8, 4) is 0 Å². The van der Waals surface area contributed by atoms with Gasteiger partial charge in [-0.3, -0.25) is 4.79 Å². The molecular formula is C11H24O3. The van der Waals surface area contributed by atoms with Crippen molar-refractivity contribution in [3.05, 3.63) is 0 Å². The summed E-state index contributed by atoms with van der Waals surface area (Å²) in [6.07, 6.45) is 1.71. The van der Waals surface area contributed by atoms with Crippen LogP contribution < -0.4 is 0 Å². The van der Waals surface area contributed by atoms with Crippen LogP contribution in [-0.2, 0) is 9.53 Å². The van der Waals surface area contributed by atoms with E-state index in [-0.39, 0.29) is 17.7 Å². The molecule has 0 aromatic carbocycles. The van der Waals surface area contributed by atoms with E-state index in [9.17, 15) is 4.79 Å². The molecule has 0 saturated heterocycles. The molecule has 3 heteroatoms. The van der Waals surface area contributed by atoms with Gasteiger partial charge in [-0.15, -0.1) is 0 Å². The van der Waals surface area contributed by atoms with Gasteiger partial charge in [0.2, 0.25) is 0 Å². The first-order chi connectivity index (χ1) is 6.22. The number of hydrogen-bond donors (Lipinski definition) is 1. The van der Waals surface area contributed by atoms with Gasteiger partial charge in [0, 0.05) is 6.92 Å². The van der Waals surface area contributed by atoms with Gasteiger partial charge in [-0.2, -0.15) is 0 Å². The van der Waals surface area contributed by atoms with Gasteiger partial charge in [-0.25, -0.2) is 0 Å². The monoisotopic (exact) mass is 204 g/mol. The SMILES string of the molecule is CC(=O)OC(C)(C)C.CCC(O)CC. The van der Waals surface area contributed by atoms with Crippen LogP contribution in [0.3, 0.4) is 0 Å². The molecule has 0 aromatic rings. The molecule has 1 N–H and O–H groups in total. The Kier molecular flexibility index (Phi) is 8.85. The molecule has 0 spiro atoms. The second-order valence-corrected chi connectivity index (χ2v) is 4.18. The van der Waals surface area contributed by atoms with Gasteiger partial charge in [-0.05, 0) is 33.6 Å². The number of aliphatic hydroxyl groups excluding tert-OH is 1. The van der Waals surface area contributed by atoms with Gasteiger partial charge in [0.15, 0.2) is 0 Å². The molecule has 0 aromatic heterocycles. The standard InChI is InChI=1S/C6H12O2.C5H12O/c1-5(7)8-6(2,3)4;1-3-5(6)4-2/h1-4H3;5-6H,3-4H2,1-2H3. The third-order valence-corrected chi connectivity index (χ3v) is 1.39. The molecule has 0 aliphatic heterocycles. The Bertz CT molecular complexity index is 143. The number of aliphatic hydroxyl groups is 1. The Labute approximate surface area is 87.5 Å². The predicted octanol–water partition coefficient (Wildman–Crippen LogP) is 2.52. The van der Waals surface area contributed by atoms with Crippen LogP contribution in [0.2, 0.25) is 0 Å². The Morgan fingerprint density at radius 2 is 1.64 bits per heavy atom. The van der Waals surface area contributed by atoms with Gasteiger partial charge in [0.25, 0.3) is 0 Å². The molecule has 0 saturated carbocycles. The van der Waals surface area contributed by atoms with E-state index in [4.69, 9.17) is 9.84 Å². The van der Waals surface area contributed by atoms with Crippen LogP contribution in [0, 0.1) is 0 Å². The fourth-order valence-electron chi connectivity index (χ4n) is 0.720.